The summed E-state index contributed by atoms with van der Waals surface area (Å²) in [4.78, 5) is 72.8. The van der Waals surface area contributed by atoms with E-state index in [0.29, 0.717) is 5.56 Å². The van der Waals surface area contributed by atoms with Crippen LogP contribution in [-0.2, 0) is 41.5 Å². The first-order chi connectivity index (χ1) is 26.7. The lowest BCUT2D eigenvalue weighted by atomic mass is 10.1. The van der Waals surface area contributed by atoms with Crippen molar-refractivity contribution in [3.05, 3.63) is 65.2 Å². The van der Waals surface area contributed by atoms with Crippen LogP contribution >= 0.6 is 19.5 Å². The maximum absolute atomic E-state index is 13.9. The second kappa shape index (κ2) is 15.1. The number of aromatic nitrogens is 8. The van der Waals surface area contributed by atoms with Gasteiger partial charge in [0.15, 0.2) is 40.7 Å². The van der Waals surface area contributed by atoms with Gasteiger partial charge in [0, 0.05) is 23.8 Å². The molecule has 0 aliphatic carbocycles. The Morgan fingerprint density at radius 2 is 1.79 bits per heavy atom. The lowest BCUT2D eigenvalue weighted by Crippen LogP contribution is -2.42. The number of aromatic amines is 1. The molecule has 298 valence electrons. The van der Waals surface area contributed by atoms with E-state index >= 15 is 0 Å². The van der Waals surface area contributed by atoms with E-state index in [1.807, 2.05) is 0 Å². The minimum Gasteiger partial charge on any atom is -0.350 e. The van der Waals surface area contributed by atoms with Crippen LogP contribution in [0.15, 0.2) is 54.1 Å². The maximum Gasteiger partial charge on any atom is 0.474 e. The largest absolute Gasteiger partial charge is 0.474 e. The predicted octanol–water partition coefficient (Wildman–Crippen LogP) is 1.77. The molecule has 0 spiro atoms. The summed E-state index contributed by atoms with van der Waals surface area (Å²) in [5.41, 5.74) is 0.302. The molecule has 56 heavy (non-hydrogen) atoms. The van der Waals surface area contributed by atoms with E-state index in [0.717, 1.165) is 0 Å². The second-order valence-corrected chi connectivity index (χ2v) is 18.1. The molecule has 5 N–H and O–H groups in total. The number of nitrogens with zero attached hydrogens (tertiary/aromatic N) is 7. The summed E-state index contributed by atoms with van der Waals surface area (Å²) in [5, 5.41) is 5.29. The first-order valence-corrected chi connectivity index (χ1v) is 21.5. The SMILES string of the molecule is CC(C)C(=O)Nc1nc2c(ncn2[C@@H]2O[C@@H]3COP(=O)(O)O[C@@H]4O[C@@H](n5cnc6c(NC(=O)c7ccccc7)ncnc65)C[C@@H]4CO[SH](=O)(S)N[C@@H]2C3)c(=O)[nH]1. The van der Waals surface area contributed by atoms with Crippen LogP contribution in [-0.4, -0.2) is 91.6 Å². The topological polar surface area (TPSA) is 278 Å². The molecule has 0 radical (unpaired) electrons. The van der Waals surface area contributed by atoms with Crippen molar-refractivity contribution in [2.45, 2.75) is 57.6 Å². The van der Waals surface area contributed by atoms with Crippen LogP contribution in [0.1, 0.15) is 49.5 Å². The summed E-state index contributed by atoms with van der Waals surface area (Å²) in [6.45, 7) is 2.59. The standard InChI is InChI=1S/C31H36N11O11PS2/c1-15(2)26(43)38-31-37-25-22(28(45)39-31)35-14-42(25)29-19-9-18(51-29)11-49-54(46,47)53-30-17(10-50-56(48,55)40-19)8-20(52-30)41-13-34-21-23(32-12-33-24(21)41)36-27(44)16-6-4-3-5-7-16/h3-7,12-15,17-20,29-30,56H,8-11H2,1-2H3,(H,46,47)(H2,40,48,55)(H,32,33,36,44)(H2,37,38,39,43,45)/t17-,18+,19-,20-,29-,30+/m1/s1. The number of phosphoric acid groups is 1. The van der Waals surface area contributed by atoms with Gasteiger partial charge in [-0.25, -0.2) is 29.2 Å². The highest BCUT2D eigenvalue weighted by Crippen LogP contribution is 2.50. The van der Waals surface area contributed by atoms with Gasteiger partial charge in [0.1, 0.15) is 12.6 Å². The molecule has 0 saturated carbocycles. The Balaban J connectivity index is 1.03. The molecule has 2 amide bonds. The lowest BCUT2D eigenvalue weighted by molar-refractivity contribution is -0.126. The summed E-state index contributed by atoms with van der Waals surface area (Å²) in [5.74, 6) is -1.95. The second-order valence-electron chi connectivity index (χ2n) is 13.5. The molecule has 22 nitrogen and oxygen atoms in total. The van der Waals surface area contributed by atoms with Gasteiger partial charge in [-0.15, -0.1) is 9.43 Å². The zero-order chi connectivity index (χ0) is 39.4. The zero-order valence-corrected chi connectivity index (χ0v) is 32.2. The Bertz CT molecular complexity index is 2470. The fraction of sp³-hybridized carbons (Fsp3) is 0.419. The number of hydrogen-bond acceptors (Lipinski definition) is 15. The Morgan fingerprint density at radius 1 is 1.02 bits per heavy atom. The number of amides is 2. The number of fused-ring (bicyclic) bond motifs is 5. The number of thiol groups is 2. The van der Waals surface area contributed by atoms with Crippen molar-refractivity contribution in [3.8, 4) is 0 Å². The van der Waals surface area contributed by atoms with Gasteiger partial charge in [-0.05, 0) is 30.2 Å². The Morgan fingerprint density at radius 3 is 2.57 bits per heavy atom. The van der Waals surface area contributed by atoms with Gasteiger partial charge in [0.25, 0.3) is 11.5 Å². The number of benzene rings is 1. The average Bonchev–Trinajstić information content (AvgIpc) is 3.95. The highest BCUT2D eigenvalue weighted by Gasteiger charge is 2.45. The number of carbonyl (C=O) groups excluding carboxylic acids is 2. The number of H-pyrrole nitrogens is 1. The van der Waals surface area contributed by atoms with E-state index in [1.165, 1.54) is 23.5 Å². The summed E-state index contributed by atoms with van der Waals surface area (Å²) < 4.78 is 62.1. The molecule has 25 heteroatoms. The normalized spacial score (nSPS) is 28.6. The van der Waals surface area contributed by atoms with Crippen molar-refractivity contribution < 1.29 is 46.0 Å². The molecule has 1 unspecified atom stereocenters. The number of phosphoric ester groups is 1. The number of ether oxygens (including phenoxy) is 2. The summed E-state index contributed by atoms with van der Waals surface area (Å²) >= 11 is 4.34. The molecule has 7 atom stereocenters. The van der Waals surface area contributed by atoms with E-state index in [-0.39, 0.29) is 59.4 Å². The van der Waals surface area contributed by atoms with Crippen LogP contribution in [0.25, 0.3) is 22.3 Å². The lowest BCUT2D eigenvalue weighted by Gasteiger charge is -2.31. The fourth-order valence-electron chi connectivity index (χ4n) is 6.50. The fourth-order valence-corrected chi connectivity index (χ4v) is 9.16. The van der Waals surface area contributed by atoms with Crippen LogP contribution in [0.5, 0.6) is 0 Å². The number of anilines is 2. The van der Waals surface area contributed by atoms with Gasteiger partial charge in [0.2, 0.25) is 11.9 Å². The van der Waals surface area contributed by atoms with Gasteiger partial charge in [0.05, 0.1) is 38.0 Å². The predicted molar refractivity (Wildman–Crippen MR) is 200 cm³/mol. The van der Waals surface area contributed by atoms with Gasteiger partial charge in [-0.3, -0.25) is 47.0 Å². The van der Waals surface area contributed by atoms with Crippen molar-refractivity contribution in [3.63, 3.8) is 0 Å². The number of rotatable bonds is 6. The number of carbonyl (C=O) groups is 2. The maximum atomic E-state index is 13.9. The van der Waals surface area contributed by atoms with Crippen molar-refractivity contribution in [1.29, 1.82) is 0 Å². The van der Waals surface area contributed by atoms with Crippen LogP contribution in [0.2, 0.25) is 0 Å². The number of imidazole rings is 2. The van der Waals surface area contributed by atoms with Crippen molar-refractivity contribution in [1.82, 2.24) is 43.8 Å². The molecule has 3 fully saturated rings. The monoisotopic (exact) mass is 833 g/mol. The molecule has 8 rings (SSSR count). The van der Waals surface area contributed by atoms with E-state index in [1.54, 1.807) is 48.7 Å². The third-order valence-electron chi connectivity index (χ3n) is 9.24. The highest BCUT2D eigenvalue weighted by molar-refractivity contribution is 8.66. The quantitative estimate of drug-likeness (QED) is 0.0729. The van der Waals surface area contributed by atoms with Gasteiger partial charge >= 0.3 is 7.82 Å². The molecule has 3 aliphatic heterocycles. The van der Waals surface area contributed by atoms with Crippen LogP contribution in [0.3, 0.4) is 0 Å². The average molecular weight is 834 g/mol. The molecular weight excluding hydrogens is 798 g/mol. The van der Waals surface area contributed by atoms with Crippen molar-refractivity contribution >= 4 is 74.8 Å². The Hall–Kier alpha value is -4.49. The number of nitrogens with one attached hydrogen (secondary N) is 4. The number of hydrogen-bond donors (Lipinski definition) is 7. The zero-order valence-electron chi connectivity index (χ0n) is 29.5. The molecule has 2 bridgehead atoms. The summed E-state index contributed by atoms with van der Waals surface area (Å²) in [7, 11) is -8.80. The van der Waals surface area contributed by atoms with E-state index in [2.05, 4.69) is 56.9 Å². The van der Waals surface area contributed by atoms with Crippen LogP contribution < -0.4 is 20.9 Å². The van der Waals surface area contributed by atoms with Crippen molar-refractivity contribution in [2.24, 2.45) is 11.8 Å². The molecular formula is C31H36N11O11PS2. The first kappa shape index (κ1) is 38.4. The highest BCUT2D eigenvalue weighted by atomic mass is 33.1. The van der Waals surface area contributed by atoms with Gasteiger partial charge in [-0.1, -0.05) is 32.0 Å². The van der Waals surface area contributed by atoms with E-state index < -0.39 is 78.1 Å². The minimum atomic E-state index is -4.83. The van der Waals surface area contributed by atoms with Crippen molar-refractivity contribution in [2.75, 3.05) is 23.8 Å². The molecule has 3 saturated heterocycles. The Kier molecular flexibility index (Phi) is 10.4. The van der Waals surface area contributed by atoms with Crippen LogP contribution in [0.4, 0.5) is 11.8 Å². The molecule has 5 aromatic rings. The Labute approximate surface area is 322 Å². The van der Waals surface area contributed by atoms with Crippen LogP contribution in [0, 0.1) is 11.8 Å². The van der Waals surface area contributed by atoms with Gasteiger partial charge in [-0.2, -0.15) is 9.19 Å². The molecule has 7 heterocycles. The van der Waals surface area contributed by atoms with E-state index in [9.17, 15) is 28.1 Å². The first-order valence-electron chi connectivity index (χ1n) is 17.3. The van der Waals surface area contributed by atoms with E-state index in [4.69, 9.17) is 22.7 Å². The third kappa shape index (κ3) is 7.89. The molecule has 1 aromatic carbocycles. The minimum absolute atomic E-state index is 0.0401. The summed E-state index contributed by atoms with van der Waals surface area (Å²) in [6, 6.07) is 7.71. The smallest absolute Gasteiger partial charge is 0.350 e. The third-order valence-corrected chi connectivity index (χ3v) is 12.0. The molecule has 3 aliphatic rings. The summed E-state index contributed by atoms with van der Waals surface area (Å²) in [6.07, 6.45) is -0.0560. The van der Waals surface area contributed by atoms with Gasteiger partial charge < -0.3 is 19.7 Å². The molecule has 4 aromatic heterocycles.